The predicted octanol–water partition coefficient (Wildman–Crippen LogP) is 3.32. The van der Waals surface area contributed by atoms with Crippen molar-refractivity contribution in [3.63, 3.8) is 0 Å². The number of carbonyl (C=O) groups excluding carboxylic acids is 4. The van der Waals surface area contributed by atoms with Crippen LogP contribution in [0.1, 0.15) is 68.1 Å². The van der Waals surface area contributed by atoms with Gasteiger partial charge >= 0.3 is 0 Å². The molecule has 4 rings (SSSR count). The van der Waals surface area contributed by atoms with Crippen molar-refractivity contribution < 1.29 is 28.7 Å². The SMILES string of the molecule is COCCCN1C(=O)c2ccc(C(=O)Nc3ccc4c(c3)C(=O)CC(C)(C)O4)cc2C1=O. The molecule has 0 saturated carbocycles. The highest BCUT2D eigenvalue weighted by atomic mass is 16.5. The number of fused-ring (bicyclic) bond motifs is 2. The van der Waals surface area contributed by atoms with Gasteiger partial charge in [0.2, 0.25) is 0 Å². The van der Waals surface area contributed by atoms with Crippen molar-refractivity contribution in [2.45, 2.75) is 32.3 Å². The van der Waals surface area contributed by atoms with Crippen LogP contribution in [-0.2, 0) is 4.74 Å². The van der Waals surface area contributed by atoms with E-state index < -0.39 is 17.4 Å². The summed E-state index contributed by atoms with van der Waals surface area (Å²) < 4.78 is 10.8. The minimum atomic E-state index is -0.569. The number of nitrogens with zero attached hydrogens (tertiary/aromatic N) is 1. The summed E-state index contributed by atoms with van der Waals surface area (Å²) in [5.74, 6) is -0.809. The van der Waals surface area contributed by atoms with Gasteiger partial charge in [-0.1, -0.05) is 0 Å². The Morgan fingerprint density at radius 1 is 1.06 bits per heavy atom. The van der Waals surface area contributed by atoms with Crippen molar-refractivity contribution in [2.75, 3.05) is 25.6 Å². The molecule has 2 heterocycles. The molecule has 0 aromatic heterocycles. The molecule has 8 heteroatoms. The van der Waals surface area contributed by atoms with E-state index in [2.05, 4.69) is 5.32 Å². The Hall–Kier alpha value is -3.52. The van der Waals surface area contributed by atoms with E-state index in [9.17, 15) is 19.2 Å². The largest absolute Gasteiger partial charge is 0.487 e. The van der Waals surface area contributed by atoms with Crippen LogP contribution in [0.15, 0.2) is 36.4 Å². The van der Waals surface area contributed by atoms with Gasteiger partial charge in [0.25, 0.3) is 17.7 Å². The molecule has 0 saturated heterocycles. The van der Waals surface area contributed by atoms with Crippen molar-refractivity contribution >= 4 is 29.2 Å². The number of ketones is 1. The topological polar surface area (TPSA) is 102 Å². The van der Waals surface area contributed by atoms with Crippen LogP contribution in [-0.4, -0.2) is 54.3 Å². The highest BCUT2D eigenvalue weighted by Crippen LogP contribution is 2.34. The second kappa shape index (κ2) is 8.20. The van der Waals surface area contributed by atoms with E-state index in [-0.39, 0.29) is 41.3 Å². The summed E-state index contributed by atoms with van der Waals surface area (Å²) in [6.07, 6.45) is 0.784. The molecule has 2 aromatic carbocycles. The first-order valence-corrected chi connectivity index (χ1v) is 10.4. The van der Waals surface area contributed by atoms with E-state index in [0.29, 0.717) is 30.0 Å². The second-order valence-corrected chi connectivity index (χ2v) is 8.50. The summed E-state index contributed by atoms with van der Waals surface area (Å²) in [6.45, 7) is 4.39. The number of rotatable bonds is 6. The number of hydrogen-bond acceptors (Lipinski definition) is 6. The van der Waals surface area contributed by atoms with E-state index in [4.69, 9.17) is 9.47 Å². The molecule has 2 aromatic rings. The molecule has 3 amide bonds. The minimum absolute atomic E-state index is 0.0532. The second-order valence-electron chi connectivity index (χ2n) is 8.50. The summed E-state index contributed by atoms with van der Waals surface area (Å²) in [7, 11) is 1.56. The summed E-state index contributed by atoms with van der Waals surface area (Å²) in [5, 5.41) is 2.75. The molecule has 1 N–H and O–H groups in total. The number of imide groups is 1. The van der Waals surface area contributed by atoms with Crippen molar-refractivity contribution in [3.05, 3.63) is 58.7 Å². The van der Waals surface area contributed by atoms with Crippen molar-refractivity contribution in [3.8, 4) is 5.75 Å². The number of benzene rings is 2. The van der Waals surface area contributed by atoms with Gasteiger partial charge < -0.3 is 14.8 Å². The predicted molar refractivity (Wildman–Crippen MR) is 116 cm³/mol. The molecule has 8 nitrogen and oxygen atoms in total. The summed E-state index contributed by atoms with van der Waals surface area (Å²) >= 11 is 0. The summed E-state index contributed by atoms with van der Waals surface area (Å²) in [4.78, 5) is 51.6. The average molecular weight is 436 g/mol. The third-order valence-corrected chi connectivity index (χ3v) is 5.47. The van der Waals surface area contributed by atoms with Crippen LogP contribution in [0.2, 0.25) is 0 Å². The van der Waals surface area contributed by atoms with Crippen LogP contribution in [0.4, 0.5) is 5.69 Å². The molecule has 0 radical (unpaired) electrons. The fraction of sp³-hybridized carbons (Fsp3) is 0.333. The minimum Gasteiger partial charge on any atom is -0.487 e. The molecule has 166 valence electrons. The molecule has 0 bridgehead atoms. The zero-order valence-electron chi connectivity index (χ0n) is 18.2. The third-order valence-electron chi connectivity index (χ3n) is 5.47. The molecular formula is C24H24N2O6. The Morgan fingerprint density at radius 3 is 2.56 bits per heavy atom. The smallest absolute Gasteiger partial charge is 0.261 e. The Kier molecular flexibility index (Phi) is 5.56. The third kappa shape index (κ3) is 4.01. The van der Waals surface area contributed by atoms with E-state index in [1.807, 2.05) is 13.8 Å². The fourth-order valence-corrected chi connectivity index (χ4v) is 3.94. The lowest BCUT2D eigenvalue weighted by molar-refractivity contribution is 0.0612. The normalized spacial score (nSPS) is 16.5. The van der Waals surface area contributed by atoms with Crippen LogP contribution >= 0.6 is 0 Å². The lowest BCUT2D eigenvalue weighted by Gasteiger charge is -2.31. The number of anilines is 1. The summed E-state index contributed by atoms with van der Waals surface area (Å²) in [5.41, 5.74) is 1.02. The van der Waals surface area contributed by atoms with Gasteiger partial charge in [-0.05, 0) is 56.7 Å². The number of nitrogens with one attached hydrogen (secondary N) is 1. The van der Waals surface area contributed by atoms with Crippen molar-refractivity contribution in [1.29, 1.82) is 0 Å². The lowest BCUT2D eigenvalue weighted by atomic mass is 9.93. The average Bonchev–Trinajstić information content (AvgIpc) is 2.98. The number of hydrogen-bond donors (Lipinski definition) is 1. The fourth-order valence-electron chi connectivity index (χ4n) is 3.94. The number of amides is 3. The van der Waals surface area contributed by atoms with Crippen LogP contribution in [0, 0.1) is 0 Å². The number of Topliss-reactive ketones (excluding diaryl/α,β-unsaturated/α-hetero) is 1. The first kappa shape index (κ1) is 21.7. The monoisotopic (exact) mass is 436 g/mol. The Morgan fingerprint density at radius 2 is 1.81 bits per heavy atom. The van der Waals surface area contributed by atoms with Crippen LogP contribution in [0.3, 0.4) is 0 Å². The molecule has 0 fully saturated rings. The maximum absolute atomic E-state index is 12.8. The molecule has 0 aliphatic carbocycles. The molecule has 0 spiro atoms. The first-order valence-electron chi connectivity index (χ1n) is 10.4. The van der Waals surface area contributed by atoms with E-state index in [1.54, 1.807) is 25.3 Å². The van der Waals surface area contributed by atoms with Crippen molar-refractivity contribution in [2.24, 2.45) is 0 Å². The zero-order valence-corrected chi connectivity index (χ0v) is 18.2. The zero-order chi connectivity index (χ0) is 23.0. The van der Waals surface area contributed by atoms with Gasteiger partial charge in [0.1, 0.15) is 11.4 Å². The van der Waals surface area contributed by atoms with Gasteiger partial charge in [0.15, 0.2) is 5.78 Å². The van der Waals surface area contributed by atoms with E-state index in [0.717, 1.165) is 0 Å². The summed E-state index contributed by atoms with van der Waals surface area (Å²) in [6, 6.07) is 9.33. The van der Waals surface area contributed by atoms with Crippen LogP contribution < -0.4 is 10.1 Å². The van der Waals surface area contributed by atoms with Gasteiger partial charge in [0.05, 0.1) is 23.1 Å². The van der Waals surface area contributed by atoms with E-state index in [1.165, 1.54) is 23.1 Å². The Bertz CT molecular complexity index is 1140. The standard InChI is InChI=1S/C24H24N2O6/c1-24(2)13-19(27)18-12-15(6-8-20(18)32-24)25-21(28)14-5-7-16-17(11-14)23(30)26(22(16)29)9-4-10-31-3/h5-8,11-12H,4,9-10,13H2,1-3H3,(H,25,28). The molecule has 0 unspecified atom stereocenters. The van der Waals surface area contributed by atoms with Gasteiger partial charge in [-0.2, -0.15) is 0 Å². The highest BCUT2D eigenvalue weighted by molar-refractivity contribution is 6.22. The Balaban J connectivity index is 1.52. The number of ether oxygens (including phenoxy) is 2. The molecule has 2 aliphatic heterocycles. The molecule has 0 atom stereocenters. The van der Waals surface area contributed by atoms with Crippen LogP contribution in [0.25, 0.3) is 0 Å². The van der Waals surface area contributed by atoms with Gasteiger partial charge in [-0.25, -0.2) is 0 Å². The highest BCUT2D eigenvalue weighted by Gasteiger charge is 2.36. The van der Waals surface area contributed by atoms with E-state index >= 15 is 0 Å². The maximum atomic E-state index is 12.8. The molecular weight excluding hydrogens is 412 g/mol. The molecule has 2 aliphatic rings. The van der Waals surface area contributed by atoms with Gasteiger partial charge in [0, 0.05) is 31.5 Å². The van der Waals surface area contributed by atoms with Gasteiger partial charge in [-0.3, -0.25) is 24.1 Å². The number of methoxy groups -OCH3 is 1. The van der Waals surface area contributed by atoms with Crippen molar-refractivity contribution in [1.82, 2.24) is 4.90 Å². The first-order chi connectivity index (χ1) is 15.2. The van der Waals surface area contributed by atoms with Gasteiger partial charge in [-0.15, -0.1) is 0 Å². The molecule has 32 heavy (non-hydrogen) atoms. The van der Waals surface area contributed by atoms with Crippen LogP contribution in [0.5, 0.6) is 5.75 Å². The quantitative estimate of drug-likeness (QED) is 0.551. The Labute approximate surface area is 185 Å². The maximum Gasteiger partial charge on any atom is 0.261 e. The number of carbonyl (C=O) groups is 4. The lowest BCUT2D eigenvalue weighted by Crippen LogP contribution is -2.35.